The van der Waals surface area contributed by atoms with E-state index < -0.39 is 13.7 Å². The van der Waals surface area contributed by atoms with Crippen LogP contribution in [0.3, 0.4) is 0 Å². The molecule has 1 aromatic carbocycles. The number of fused-ring (bicyclic) bond motifs is 4. The minimum atomic E-state index is -2.05. The van der Waals surface area contributed by atoms with Crippen LogP contribution in [0.25, 0.3) is 0 Å². The molecule has 2 atom stereocenters. The minimum absolute atomic E-state index is 0.0377. The van der Waals surface area contributed by atoms with Crippen molar-refractivity contribution in [3.05, 3.63) is 63.5 Å². The Morgan fingerprint density at radius 2 is 1.63 bits per heavy atom. The highest BCUT2D eigenvalue weighted by Crippen LogP contribution is 2.60. The Morgan fingerprint density at radius 3 is 2.17 bits per heavy atom. The maximum atomic E-state index is 9.71. The van der Waals surface area contributed by atoms with Crippen molar-refractivity contribution in [3.8, 4) is 6.07 Å². The lowest BCUT2D eigenvalue weighted by Gasteiger charge is -2.45. The third kappa shape index (κ3) is 5.23. The molecular weight excluding hydrogens is 520 g/mol. The minimum Gasteiger partial charge on any atom is -0.410 e. The summed E-state index contributed by atoms with van der Waals surface area (Å²) in [6.45, 7) is 25.1. The average Bonchev–Trinajstić information content (AvgIpc) is 3.47. The molecule has 2 aromatic rings. The number of hydrogen-bond donors (Lipinski definition) is 0. The van der Waals surface area contributed by atoms with Gasteiger partial charge in [0.15, 0.2) is 8.32 Å². The van der Waals surface area contributed by atoms with Crippen LogP contribution in [0.5, 0.6) is 0 Å². The van der Waals surface area contributed by atoms with E-state index in [0.717, 1.165) is 36.8 Å². The lowest BCUT2D eigenvalue weighted by Crippen LogP contribution is -2.44. The zero-order valence-corrected chi connectivity index (χ0v) is 28.5. The molecule has 1 saturated carbocycles. The summed E-state index contributed by atoms with van der Waals surface area (Å²) in [7, 11) is -2.05. The molecule has 2 aliphatic carbocycles. The lowest BCUT2D eigenvalue weighted by atomic mass is 9.70. The standard InChI is InChI=1S/C36H52N2O2Si/c1-23(2)31-29-30(28-26(38-31)20-34(6,7)21-27(28)40-41(10,11)33(3,4)5)36(18-12-13-19-36)39-32(29)24-14-16-25(17-15-24)35(8,9)22-37/h14-17,23,27,32H,12-13,18-21H2,1-11H3/t27-,32+/m0/s1. The molecule has 41 heavy (non-hydrogen) atoms. The molecule has 0 N–H and O–H groups in total. The van der Waals surface area contributed by atoms with Gasteiger partial charge in [0.25, 0.3) is 0 Å². The van der Waals surface area contributed by atoms with E-state index in [0.29, 0.717) is 5.92 Å². The molecule has 0 amide bonds. The normalized spacial score (nSPS) is 23.5. The molecule has 0 radical (unpaired) electrons. The van der Waals surface area contributed by atoms with Gasteiger partial charge in [0.2, 0.25) is 0 Å². The van der Waals surface area contributed by atoms with E-state index in [4.69, 9.17) is 14.1 Å². The Hall–Kier alpha value is -2.00. The quantitative estimate of drug-likeness (QED) is 0.335. The number of pyridine rings is 1. The van der Waals surface area contributed by atoms with Crippen molar-refractivity contribution in [2.75, 3.05) is 0 Å². The third-order valence-electron chi connectivity index (χ3n) is 10.6. The highest BCUT2D eigenvalue weighted by molar-refractivity contribution is 6.74. The van der Waals surface area contributed by atoms with Crippen molar-refractivity contribution >= 4 is 8.32 Å². The number of rotatable bonds is 5. The predicted molar refractivity (Wildman–Crippen MR) is 170 cm³/mol. The summed E-state index contributed by atoms with van der Waals surface area (Å²) in [6, 6.07) is 11.1. The van der Waals surface area contributed by atoms with E-state index in [-0.39, 0.29) is 28.3 Å². The predicted octanol–water partition coefficient (Wildman–Crippen LogP) is 9.93. The molecule has 0 saturated heterocycles. The SMILES string of the molecule is CC(C)c1nc2c(c3c1[C@@H](c1ccc(C(C)(C)C#N)cc1)OC31CCCC1)[C@@H](O[Si](C)(C)C(C)(C)C)CC(C)(C)C2. The topological polar surface area (TPSA) is 55.1 Å². The Bertz CT molecular complexity index is 1350. The Labute approximate surface area is 250 Å². The fourth-order valence-corrected chi connectivity index (χ4v) is 8.42. The van der Waals surface area contributed by atoms with E-state index in [1.165, 1.54) is 40.9 Å². The van der Waals surface area contributed by atoms with Gasteiger partial charge in [-0.2, -0.15) is 5.26 Å². The van der Waals surface area contributed by atoms with Crippen LogP contribution < -0.4 is 0 Å². The van der Waals surface area contributed by atoms with Crippen molar-refractivity contribution < 1.29 is 9.16 Å². The van der Waals surface area contributed by atoms with E-state index in [1.807, 2.05) is 13.8 Å². The van der Waals surface area contributed by atoms with E-state index in [9.17, 15) is 5.26 Å². The molecular formula is C36H52N2O2Si. The first-order valence-electron chi connectivity index (χ1n) is 15.9. The molecule has 1 fully saturated rings. The van der Waals surface area contributed by atoms with Gasteiger partial charge in [0.1, 0.15) is 6.10 Å². The first kappa shape index (κ1) is 30.5. The number of hydrogen-bond acceptors (Lipinski definition) is 4. The molecule has 5 heteroatoms. The van der Waals surface area contributed by atoms with Gasteiger partial charge < -0.3 is 9.16 Å². The summed E-state index contributed by atoms with van der Waals surface area (Å²) < 4.78 is 14.7. The number of nitrogens with zero attached hydrogens (tertiary/aromatic N) is 2. The van der Waals surface area contributed by atoms with Gasteiger partial charge in [-0.3, -0.25) is 4.98 Å². The molecule has 5 rings (SSSR count). The second-order valence-electron chi connectivity index (χ2n) is 16.3. The fourth-order valence-electron chi connectivity index (χ4n) is 7.15. The van der Waals surface area contributed by atoms with Crippen LogP contribution in [0, 0.1) is 16.7 Å². The molecule has 3 aliphatic rings. The van der Waals surface area contributed by atoms with Crippen LogP contribution in [0.4, 0.5) is 0 Å². The van der Waals surface area contributed by atoms with Crippen LogP contribution >= 0.6 is 0 Å². The number of benzene rings is 1. The summed E-state index contributed by atoms with van der Waals surface area (Å²) in [5.74, 6) is 0.290. The Morgan fingerprint density at radius 1 is 1.02 bits per heavy atom. The van der Waals surface area contributed by atoms with Gasteiger partial charge in [-0.15, -0.1) is 0 Å². The van der Waals surface area contributed by atoms with Crippen molar-refractivity contribution in [1.82, 2.24) is 4.98 Å². The average molecular weight is 573 g/mol. The zero-order chi connectivity index (χ0) is 30.2. The Balaban J connectivity index is 1.74. The van der Waals surface area contributed by atoms with E-state index >= 15 is 0 Å². The van der Waals surface area contributed by atoms with Crippen LogP contribution in [-0.4, -0.2) is 13.3 Å². The van der Waals surface area contributed by atoms with Crippen molar-refractivity contribution in [1.29, 1.82) is 5.26 Å². The van der Waals surface area contributed by atoms with E-state index in [2.05, 4.69) is 91.9 Å². The monoisotopic (exact) mass is 572 g/mol. The molecule has 1 aromatic heterocycles. The largest absolute Gasteiger partial charge is 0.410 e. The van der Waals surface area contributed by atoms with Crippen LogP contribution in [0.2, 0.25) is 18.1 Å². The molecule has 0 unspecified atom stereocenters. The lowest BCUT2D eigenvalue weighted by molar-refractivity contribution is -0.0579. The van der Waals surface area contributed by atoms with Gasteiger partial charge in [-0.05, 0) is 85.7 Å². The smallest absolute Gasteiger partial charge is 0.192 e. The summed E-state index contributed by atoms with van der Waals surface area (Å²) in [5.41, 5.74) is 8.05. The van der Waals surface area contributed by atoms with Crippen LogP contribution in [-0.2, 0) is 26.6 Å². The number of aromatic nitrogens is 1. The number of nitriles is 1. The van der Waals surface area contributed by atoms with Gasteiger partial charge in [-0.25, -0.2) is 0 Å². The second kappa shape index (κ2) is 10.0. The van der Waals surface area contributed by atoms with Crippen LogP contribution in [0.1, 0.15) is 152 Å². The maximum absolute atomic E-state index is 9.71. The highest BCUT2D eigenvalue weighted by atomic mass is 28.4. The highest BCUT2D eigenvalue weighted by Gasteiger charge is 2.54. The summed E-state index contributed by atoms with van der Waals surface area (Å²) in [4.78, 5) is 5.54. The maximum Gasteiger partial charge on any atom is 0.192 e. The molecule has 1 spiro atoms. The molecule has 4 nitrogen and oxygen atoms in total. The summed E-state index contributed by atoms with van der Waals surface area (Å²) in [6.07, 6.45) is 6.37. The third-order valence-corrected chi connectivity index (χ3v) is 15.1. The van der Waals surface area contributed by atoms with E-state index in [1.54, 1.807) is 0 Å². The van der Waals surface area contributed by atoms with Gasteiger partial charge in [0, 0.05) is 22.5 Å². The summed E-state index contributed by atoms with van der Waals surface area (Å²) in [5, 5.41) is 9.84. The first-order chi connectivity index (χ1) is 18.9. The molecule has 0 bridgehead atoms. The first-order valence-corrected chi connectivity index (χ1v) is 18.8. The zero-order valence-electron chi connectivity index (χ0n) is 27.5. The van der Waals surface area contributed by atoms with Crippen molar-refractivity contribution in [3.63, 3.8) is 0 Å². The summed E-state index contributed by atoms with van der Waals surface area (Å²) >= 11 is 0. The van der Waals surface area contributed by atoms with Crippen LogP contribution in [0.15, 0.2) is 24.3 Å². The second-order valence-corrected chi connectivity index (χ2v) is 21.0. The number of ether oxygens (including phenoxy) is 1. The molecule has 222 valence electrons. The van der Waals surface area contributed by atoms with Gasteiger partial charge in [-0.1, -0.05) is 85.6 Å². The van der Waals surface area contributed by atoms with Crippen molar-refractivity contribution in [2.24, 2.45) is 5.41 Å². The Kier molecular flexibility index (Phi) is 7.45. The molecule has 2 heterocycles. The van der Waals surface area contributed by atoms with Crippen molar-refractivity contribution in [2.45, 2.75) is 148 Å². The van der Waals surface area contributed by atoms with Gasteiger partial charge >= 0.3 is 0 Å². The molecule has 1 aliphatic heterocycles. The fraction of sp³-hybridized carbons (Fsp3) is 0.667. The van der Waals surface area contributed by atoms with Gasteiger partial charge in [0.05, 0.1) is 23.2 Å².